The van der Waals surface area contributed by atoms with Gasteiger partial charge in [-0.1, -0.05) is 24.3 Å². The van der Waals surface area contributed by atoms with Gasteiger partial charge in [0.15, 0.2) is 18.1 Å². The highest BCUT2D eigenvalue weighted by molar-refractivity contribution is 5.83. The van der Waals surface area contributed by atoms with Gasteiger partial charge in [0.2, 0.25) is 6.79 Å². The highest BCUT2D eigenvalue weighted by Crippen LogP contribution is 2.31. The van der Waals surface area contributed by atoms with E-state index in [0.29, 0.717) is 23.7 Å². The van der Waals surface area contributed by atoms with E-state index in [2.05, 4.69) is 17.1 Å². The van der Waals surface area contributed by atoms with E-state index in [4.69, 9.17) is 14.2 Å². The number of fused-ring (bicyclic) bond motifs is 1. The summed E-state index contributed by atoms with van der Waals surface area (Å²) < 4.78 is 16.1. The van der Waals surface area contributed by atoms with Crippen LogP contribution in [0.5, 0.6) is 17.2 Å². The molecule has 1 heterocycles. The number of rotatable bonds is 7. The number of allylic oxidation sites excluding steroid dienone is 1. The highest BCUT2D eigenvalue weighted by atomic mass is 16.7. The quantitative estimate of drug-likeness (QED) is 0.479. The number of benzene rings is 2. The van der Waals surface area contributed by atoms with E-state index in [-0.39, 0.29) is 19.3 Å². The molecule has 25 heavy (non-hydrogen) atoms. The molecule has 0 radical (unpaired) electrons. The Morgan fingerprint density at radius 2 is 2.08 bits per heavy atom. The fourth-order valence-corrected chi connectivity index (χ4v) is 2.32. The molecule has 1 aliphatic rings. The molecule has 0 aliphatic carbocycles. The molecular formula is C19H18N2O4. The first kappa shape index (κ1) is 16.6. The maximum absolute atomic E-state index is 11.8. The Balaban J connectivity index is 1.50. The van der Waals surface area contributed by atoms with E-state index in [1.54, 1.807) is 18.2 Å². The Labute approximate surface area is 145 Å². The third-order valence-corrected chi connectivity index (χ3v) is 3.50. The SMILES string of the molecule is C=CCc1ccccc1OCC(=O)N/N=C\c1ccc2c(c1)OCO2. The molecule has 0 atom stereocenters. The molecule has 0 spiro atoms. The minimum absolute atomic E-state index is 0.118. The van der Waals surface area contributed by atoms with Crippen LogP contribution in [0.4, 0.5) is 0 Å². The van der Waals surface area contributed by atoms with E-state index >= 15 is 0 Å². The second-order valence-electron chi connectivity index (χ2n) is 5.30. The minimum atomic E-state index is -0.342. The van der Waals surface area contributed by atoms with Crippen LogP contribution in [0.1, 0.15) is 11.1 Å². The summed E-state index contributed by atoms with van der Waals surface area (Å²) in [7, 11) is 0. The van der Waals surface area contributed by atoms with Gasteiger partial charge in [-0.05, 0) is 41.8 Å². The van der Waals surface area contributed by atoms with Crippen LogP contribution in [0.15, 0.2) is 60.2 Å². The van der Waals surface area contributed by atoms with Crippen LogP contribution < -0.4 is 19.6 Å². The van der Waals surface area contributed by atoms with Crippen molar-refractivity contribution >= 4 is 12.1 Å². The number of nitrogens with zero attached hydrogens (tertiary/aromatic N) is 1. The van der Waals surface area contributed by atoms with E-state index in [9.17, 15) is 4.79 Å². The fourth-order valence-electron chi connectivity index (χ4n) is 2.32. The van der Waals surface area contributed by atoms with Gasteiger partial charge < -0.3 is 14.2 Å². The van der Waals surface area contributed by atoms with E-state index < -0.39 is 0 Å². The van der Waals surface area contributed by atoms with Crippen LogP contribution in [0.25, 0.3) is 0 Å². The van der Waals surface area contributed by atoms with Crippen LogP contribution in [0.3, 0.4) is 0 Å². The van der Waals surface area contributed by atoms with Crippen molar-refractivity contribution in [3.63, 3.8) is 0 Å². The van der Waals surface area contributed by atoms with Crippen LogP contribution >= 0.6 is 0 Å². The Hall–Kier alpha value is -3.28. The molecule has 1 amide bonds. The van der Waals surface area contributed by atoms with Gasteiger partial charge in [-0.3, -0.25) is 4.79 Å². The lowest BCUT2D eigenvalue weighted by Gasteiger charge is -2.09. The normalized spacial score (nSPS) is 12.2. The second-order valence-corrected chi connectivity index (χ2v) is 5.30. The van der Waals surface area contributed by atoms with Crippen molar-refractivity contribution < 1.29 is 19.0 Å². The predicted molar refractivity (Wildman–Crippen MR) is 94.1 cm³/mol. The number of hydrogen-bond acceptors (Lipinski definition) is 5. The number of carbonyl (C=O) groups is 1. The molecule has 1 aliphatic heterocycles. The zero-order chi connectivity index (χ0) is 17.5. The first-order chi connectivity index (χ1) is 12.3. The van der Waals surface area contributed by atoms with Crippen molar-refractivity contribution in [2.75, 3.05) is 13.4 Å². The molecule has 2 aromatic rings. The van der Waals surface area contributed by atoms with Crippen LogP contribution in [0, 0.1) is 0 Å². The number of amides is 1. The van der Waals surface area contributed by atoms with Crippen molar-refractivity contribution in [3.8, 4) is 17.2 Å². The van der Waals surface area contributed by atoms with Crippen molar-refractivity contribution in [2.45, 2.75) is 6.42 Å². The lowest BCUT2D eigenvalue weighted by Crippen LogP contribution is -2.24. The van der Waals surface area contributed by atoms with Gasteiger partial charge in [-0.15, -0.1) is 6.58 Å². The molecule has 3 rings (SSSR count). The molecule has 0 fully saturated rings. The van der Waals surface area contributed by atoms with E-state index in [1.807, 2.05) is 30.3 Å². The predicted octanol–water partition coefficient (Wildman–Crippen LogP) is 2.67. The number of ether oxygens (including phenoxy) is 3. The largest absolute Gasteiger partial charge is 0.483 e. The van der Waals surface area contributed by atoms with E-state index in [0.717, 1.165) is 11.1 Å². The monoisotopic (exact) mass is 338 g/mol. The lowest BCUT2D eigenvalue weighted by atomic mass is 10.1. The first-order valence-electron chi connectivity index (χ1n) is 7.79. The molecule has 2 aromatic carbocycles. The van der Waals surface area contributed by atoms with E-state index in [1.165, 1.54) is 6.21 Å². The molecule has 0 saturated carbocycles. The minimum Gasteiger partial charge on any atom is -0.483 e. The molecule has 6 nitrogen and oxygen atoms in total. The van der Waals surface area contributed by atoms with Crippen molar-refractivity contribution in [3.05, 3.63) is 66.2 Å². The smallest absolute Gasteiger partial charge is 0.277 e. The zero-order valence-electron chi connectivity index (χ0n) is 13.6. The number of hydrazone groups is 1. The Morgan fingerprint density at radius 1 is 1.24 bits per heavy atom. The van der Waals surface area contributed by atoms with Gasteiger partial charge in [-0.25, -0.2) is 5.43 Å². The van der Waals surface area contributed by atoms with Crippen molar-refractivity contribution in [1.29, 1.82) is 0 Å². The molecule has 0 unspecified atom stereocenters. The summed E-state index contributed by atoms with van der Waals surface area (Å²) in [6.45, 7) is 3.81. The number of nitrogens with one attached hydrogen (secondary N) is 1. The third kappa shape index (κ3) is 4.38. The first-order valence-corrected chi connectivity index (χ1v) is 7.79. The molecule has 1 N–H and O–H groups in total. The average Bonchev–Trinajstić information content (AvgIpc) is 3.09. The topological polar surface area (TPSA) is 69.2 Å². The summed E-state index contributed by atoms with van der Waals surface area (Å²) in [5.41, 5.74) is 4.21. The molecular weight excluding hydrogens is 320 g/mol. The van der Waals surface area contributed by atoms with Gasteiger partial charge in [0, 0.05) is 0 Å². The van der Waals surface area contributed by atoms with Crippen LogP contribution in [0.2, 0.25) is 0 Å². The lowest BCUT2D eigenvalue weighted by molar-refractivity contribution is -0.123. The van der Waals surface area contributed by atoms with Gasteiger partial charge in [-0.2, -0.15) is 5.10 Å². The number of hydrogen-bond donors (Lipinski definition) is 1. The van der Waals surface area contributed by atoms with Crippen LogP contribution in [-0.4, -0.2) is 25.5 Å². The van der Waals surface area contributed by atoms with Gasteiger partial charge in [0.25, 0.3) is 5.91 Å². The summed E-state index contributed by atoms with van der Waals surface area (Å²) in [4.78, 5) is 11.8. The molecule has 0 aromatic heterocycles. The Morgan fingerprint density at radius 3 is 2.96 bits per heavy atom. The standard InChI is InChI=1S/C19H18N2O4/c1-2-5-15-6-3-4-7-16(15)23-12-19(22)21-20-11-14-8-9-17-18(10-14)25-13-24-17/h2-4,6-11H,1,5,12-13H2,(H,21,22)/b20-11-. The number of carbonyl (C=O) groups excluding carboxylic acids is 1. The summed E-state index contributed by atoms with van der Waals surface area (Å²) in [5.74, 6) is 1.69. The summed E-state index contributed by atoms with van der Waals surface area (Å²) in [6.07, 6.45) is 4.00. The number of para-hydroxylation sites is 1. The molecule has 0 bridgehead atoms. The van der Waals surface area contributed by atoms with Gasteiger partial charge in [0.05, 0.1) is 6.21 Å². The Bertz CT molecular complexity index is 802. The summed E-state index contributed by atoms with van der Waals surface area (Å²) in [5, 5.41) is 3.92. The summed E-state index contributed by atoms with van der Waals surface area (Å²) >= 11 is 0. The fraction of sp³-hybridized carbons (Fsp3) is 0.158. The highest BCUT2D eigenvalue weighted by Gasteiger charge is 2.12. The van der Waals surface area contributed by atoms with Gasteiger partial charge >= 0.3 is 0 Å². The van der Waals surface area contributed by atoms with Crippen molar-refractivity contribution in [1.82, 2.24) is 5.43 Å². The molecule has 6 heteroatoms. The molecule has 128 valence electrons. The summed E-state index contributed by atoms with van der Waals surface area (Å²) in [6, 6.07) is 12.9. The average molecular weight is 338 g/mol. The maximum Gasteiger partial charge on any atom is 0.277 e. The second kappa shape index (κ2) is 8.01. The maximum atomic E-state index is 11.8. The van der Waals surface area contributed by atoms with Gasteiger partial charge in [0.1, 0.15) is 5.75 Å². The van der Waals surface area contributed by atoms with Crippen LogP contribution in [-0.2, 0) is 11.2 Å². The zero-order valence-corrected chi connectivity index (χ0v) is 13.6. The Kier molecular flexibility index (Phi) is 5.31. The molecule has 0 saturated heterocycles. The van der Waals surface area contributed by atoms with Crippen molar-refractivity contribution in [2.24, 2.45) is 5.10 Å². The third-order valence-electron chi connectivity index (χ3n) is 3.50.